The maximum atomic E-state index is 10.9. The van der Waals surface area contributed by atoms with Crippen LogP contribution in [0.4, 0.5) is 0 Å². The SMILES string of the molecule is COS(=O)(=O)Cc1cnnn1N. The zero-order chi connectivity index (χ0) is 9.19. The molecule has 8 heteroatoms. The van der Waals surface area contributed by atoms with Gasteiger partial charge in [-0.1, -0.05) is 0 Å². The van der Waals surface area contributed by atoms with E-state index < -0.39 is 10.1 Å². The van der Waals surface area contributed by atoms with E-state index in [2.05, 4.69) is 14.5 Å². The Morgan fingerprint density at radius 2 is 2.42 bits per heavy atom. The zero-order valence-corrected chi connectivity index (χ0v) is 7.15. The Morgan fingerprint density at radius 1 is 1.75 bits per heavy atom. The van der Waals surface area contributed by atoms with Crippen LogP contribution < -0.4 is 5.84 Å². The topological polar surface area (TPSA) is 100 Å². The molecule has 12 heavy (non-hydrogen) atoms. The van der Waals surface area contributed by atoms with Crippen molar-refractivity contribution in [3.63, 3.8) is 0 Å². The molecule has 1 aromatic heterocycles. The van der Waals surface area contributed by atoms with Crippen LogP contribution in [0.3, 0.4) is 0 Å². The van der Waals surface area contributed by atoms with E-state index in [1.54, 1.807) is 0 Å². The van der Waals surface area contributed by atoms with E-state index in [4.69, 9.17) is 5.84 Å². The highest BCUT2D eigenvalue weighted by Gasteiger charge is 2.13. The molecule has 0 bridgehead atoms. The lowest BCUT2D eigenvalue weighted by atomic mass is 10.6. The number of aromatic nitrogens is 3. The first-order chi connectivity index (χ1) is 5.55. The van der Waals surface area contributed by atoms with Gasteiger partial charge in [0, 0.05) is 0 Å². The Morgan fingerprint density at radius 3 is 2.83 bits per heavy atom. The molecule has 0 fully saturated rings. The summed E-state index contributed by atoms with van der Waals surface area (Å²) in [7, 11) is -2.46. The fourth-order valence-corrected chi connectivity index (χ4v) is 1.30. The largest absolute Gasteiger partial charge is 0.321 e. The van der Waals surface area contributed by atoms with Crippen molar-refractivity contribution in [2.24, 2.45) is 0 Å². The van der Waals surface area contributed by atoms with E-state index in [1.165, 1.54) is 6.20 Å². The average molecular weight is 192 g/mol. The summed E-state index contributed by atoms with van der Waals surface area (Å²) in [5.74, 6) is 4.90. The summed E-state index contributed by atoms with van der Waals surface area (Å²) in [4.78, 5) is 0.885. The van der Waals surface area contributed by atoms with Crippen LogP contribution in [0.25, 0.3) is 0 Å². The second-order valence-electron chi connectivity index (χ2n) is 2.04. The maximum absolute atomic E-state index is 10.9. The number of nitrogen functional groups attached to an aromatic ring is 1. The molecule has 0 saturated carbocycles. The second kappa shape index (κ2) is 3.07. The van der Waals surface area contributed by atoms with Crippen LogP contribution in [-0.2, 0) is 20.1 Å². The number of nitrogens with zero attached hydrogens (tertiary/aromatic N) is 3. The molecule has 0 atom stereocenters. The molecular formula is C4H8N4O3S. The predicted molar refractivity (Wildman–Crippen MR) is 39.8 cm³/mol. The third-order valence-corrected chi connectivity index (χ3v) is 2.38. The standard InChI is InChI=1S/C4H8N4O3S/c1-11-12(9,10)3-4-2-6-7-8(4)5/h2H,3,5H2,1H3. The molecular weight excluding hydrogens is 184 g/mol. The van der Waals surface area contributed by atoms with E-state index in [0.29, 0.717) is 0 Å². The Kier molecular flexibility index (Phi) is 2.29. The number of hydrogen-bond donors (Lipinski definition) is 1. The summed E-state index contributed by atoms with van der Waals surface area (Å²) >= 11 is 0. The van der Waals surface area contributed by atoms with Crippen LogP contribution in [0.1, 0.15) is 5.69 Å². The molecule has 0 spiro atoms. The minimum atomic E-state index is -3.55. The molecule has 1 rings (SSSR count). The first kappa shape index (κ1) is 8.94. The van der Waals surface area contributed by atoms with Crippen molar-refractivity contribution in [3.8, 4) is 0 Å². The molecule has 68 valence electrons. The highest BCUT2D eigenvalue weighted by Crippen LogP contribution is 2.01. The summed E-state index contributed by atoms with van der Waals surface area (Å²) in [6, 6.07) is 0. The minimum Gasteiger partial charge on any atom is -0.321 e. The summed E-state index contributed by atoms with van der Waals surface area (Å²) in [5.41, 5.74) is 0.275. The van der Waals surface area contributed by atoms with Crippen LogP contribution in [0.15, 0.2) is 6.20 Å². The Bertz CT molecular complexity index is 356. The van der Waals surface area contributed by atoms with Gasteiger partial charge in [-0.05, 0) is 5.21 Å². The number of hydrogen-bond acceptors (Lipinski definition) is 6. The maximum Gasteiger partial charge on any atom is 0.272 e. The lowest BCUT2D eigenvalue weighted by molar-refractivity contribution is 0.396. The van der Waals surface area contributed by atoms with E-state index >= 15 is 0 Å². The third-order valence-electron chi connectivity index (χ3n) is 1.23. The molecule has 0 unspecified atom stereocenters. The van der Waals surface area contributed by atoms with Gasteiger partial charge in [-0.25, -0.2) is 0 Å². The molecule has 1 aromatic rings. The predicted octanol–water partition coefficient (Wildman–Crippen LogP) is -1.53. The van der Waals surface area contributed by atoms with Crippen molar-refractivity contribution in [1.29, 1.82) is 0 Å². The summed E-state index contributed by atoms with van der Waals surface area (Å²) in [6.45, 7) is 0. The fourth-order valence-electron chi connectivity index (χ4n) is 0.608. The van der Waals surface area contributed by atoms with Crippen LogP contribution in [0, 0.1) is 0 Å². The molecule has 0 radical (unpaired) electrons. The molecule has 0 aliphatic carbocycles. The van der Waals surface area contributed by atoms with Crippen molar-refractivity contribution in [2.45, 2.75) is 5.75 Å². The fraction of sp³-hybridized carbons (Fsp3) is 0.500. The normalized spacial score (nSPS) is 11.8. The van der Waals surface area contributed by atoms with E-state index in [9.17, 15) is 8.42 Å². The molecule has 0 aliphatic rings. The van der Waals surface area contributed by atoms with Gasteiger partial charge in [-0.15, -0.1) is 5.10 Å². The van der Waals surface area contributed by atoms with Gasteiger partial charge in [0.1, 0.15) is 5.75 Å². The average Bonchev–Trinajstić information content (AvgIpc) is 2.36. The van der Waals surface area contributed by atoms with Gasteiger partial charge in [-0.3, -0.25) is 4.18 Å². The molecule has 1 heterocycles. The number of rotatable bonds is 3. The number of nitrogens with two attached hydrogens (primary N) is 1. The van der Waals surface area contributed by atoms with Gasteiger partial charge in [-0.2, -0.15) is 13.2 Å². The highest BCUT2D eigenvalue weighted by atomic mass is 32.2. The Labute approximate surface area is 69.2 Å². The van der Waals surface area contributed by atoms with Crippen molar-refractivity contribution < 1.29 is 12.6 Å². The summed E-state index contributed by atoms with van der Waals surface area (Å²) in [5, 5.41) is 6.77. The first-order valence-electron chi connectivity index (χ1n) is 2.98. The van der Waals surface area contributed by atoms with Crippen LogP contribution >= 0.6 is 0 Å². The van der Waals surface area contributed by atoms with Crippen LogP contribution in [-0.4, -0.2) is 30.6 Å². The van der Waals surface area contributed by atoms with Crippen LogP contribution in [0.5, 0.6) is 0 Å². The molecule has 2 N–H and O–H groups in total. The highest BCUT2D eigenvalue weighted by molar-refractivity contribution is 7.85. The van der Waals surface area contributed by atoms with E-state index in [0.717, 1.165) is 11.9 Å². The molecule has 0 amide bonds. The monoisotopic (exact) mass is 192 g/mol. The van der Waals surface area contributed by atoms with Crippen LogP contribution in [0.2, 0.25) is 0 Å². The lowest BCUT2D eigenvalue weighted by Crippen LogP contribution is -2.17. The zero-order valence-electron chi connectivity index (χ0n) is 6.34. The van der Waals surface area contributed by atoms with Gasteiger partial charge in [0.15, 0.2) is 0 Å². The molecule has 0 aliphatic heterocycles. The van der Waals surface area contributed by atoms with Crippen molar-refractivity contribution in [1.82, 2.24) is 15.1 Å². The lowest BCUT2D eigenvalue weighted by Gasteiger charge is -1.99. The molecule has 0 saturated heterocycles. The third kappa shape index (κ3) is 1.92. The minimum absolute atomic E-state index is 0.275. The second-order valence-corrected chi connectivity index (χ2v) is 3.78. The summed E-state index contributed by atoms with van der Waals surface area (Å²) < 4.78 is 26.0. The smallest absolute Gasteiger partial charge is 0.272 e. The van der Waals surface area contributed by atoms with E-state index in [-0.39, 0.29) is 11.4 Å². The van der Waals surface area contributed by atoms with Crippen molar-refractivity contribution >= 4 is 10.1 Å². The van der Waals surface area contributed by atoms with E-state index in [1.807, 2.05) is 0 Å². The molecule has 7 nitrogen and oxygen atoms in total. The Hall–Kier alpha value is -1.15. The first-order valence-corrected chi connectivity index (χ1v) is 4.56. The van der Waals surface area contributed by atoms with Gasteiger partial charge in [0.2, 0.25) is 0 Å². The van der Waals surface area contributed by atoms with Crippen molar-refractivity contribution in [2.75, 3.05) is 13.0 Å². The van der Waals surface area contributed by atoms with Gasteiger partial charge >= 0.3 is 0 Å². The molecule has 0 aromatic carbocycles. The van der Waals surface area contributed by atoms with Crippen molar-refractivity contribution in [3.05, 3.63) is 11.9 Å². The quantitative estimate of drug-likeness (QED) is 0.460. The van der Waals surface area contributed by atoms with Gasteiger partial charge in [0.05, 0.1) is 19.0 Å². The Balaban J connectivity index is 2.84. The van der Waals surface area contributed by atoms with Gasteiger partial charge < -0.3 is 5.84 Å². The summed E-state index contributed by atoms with van der Waals surface area (Å²) in [6.07, 6.45) is 1.26. The van der Waals surface area contributed by atoms with Gasteiger partial charge in [0.25, 0.3) is 10.1 Å².